The van der Waals surface area contributed by atoms with E-state index >= 15 is 0 Å². The summed E-state index contributed by atoms with van der Waals surface area (Å²) in [6.45, 7) is 1.56. The number of halogens is 3. The second-order valence-electron chi connectivity index (χ2n) is 3.87. The standard InChI is InChI=1S/C12H9F3N2OS/c1-7-2-3-9(8(4-7)12(13,14)15)17-11(18)10-5-19-6-16-10/h2-6H,1H3,(H,17,18). The molecule has 2 rings (SSSR count). The molecule has 1 heterocycles. The van der Waals surface area contributed by atoms with Crippen molar-refractivity contribution in [3.63, 3.8) is 0 Å². The minimum Gasteiger partial charge on any atom is -0.320 e. The number of nitrogens with zero attached hydrogens (tertiary/aromatic N) is 1. The molecule has 0 spiro atoms. The van der Waals surface area contributed by atoms with Crippen molar-refractivity contribution in [3.05, 3.63) is 45.9 Å². The third kappa shape index (κ3) is 3.11. The smallest absolute Gasteiger partial charge is 0.320 e. The van der Waals surface area contributed by atoms with Gasteiger partial charge in [-0.15, -0.1) is 11.3 Å². The molecule has 0 aliphatic rings. The van der Waals surface area contributed by atoms with Crippen LogP contribution >= 0.6 is 11.3 Å². The van der Waals surface area contributed by atoms with Gasteiger partial charge in [0.05, 0.1) is 16.8 Å². The molecule has 0 bridgehead atoms. The van der Waals surface area contributed by atoms with Gasteiger partial charge >= 0.3 is 6.18 Å². The number of carbonyl (C=O) groups is 1. The minimum atomic E-state index is -4.52. The molecule has 19 heavy (non-hydrogen) atoms. The zero-order valence-corrected chi connectivity index (χ0v) is 10.6. The molecule has 100 valence electrons. The van der Waals surface area contributed by atoms with Crippen LogP contribution in [0.5, 0.6) is 0 Å². The molecule has 1 aromatic heterocycles. The summed E-state index contributed by atoms with van der Waals surface area (Å²) in [4.78, 5) is 15.5. The molecule has 0 saturated heterocycles. The van der Waals surface area contributed by atoms with Gasteiger partial charge in [0.15, 0.2) is 0 Å². The number of carbonyl (C=O) groups excluding carboxylic acids is 1. The van der Waals surface area contributed by atoms with Gasteiger partial charge in [-0.1, -0.05) is 11.6 Å². The zero-order chi connectivity index (χ0) is 14.0. The SMILES string of the molecule is Cc1ccc(NC(=O)c2cscn2)c(C(F)(F)F)c1. The van der Waals surface area contributed by atoms with Crippen molar-refractivity contribution in [1.82, 2.24) is 4.98 Å². The van der Waals surface area contributed by atoms with E-state index in [0.29, 0.717) is 5.56 Å². The predicted octanol–water partition coefficient (Wildman–Crippen LogP) is 3.72. The fraction of sp³-hybridized carbons (Fsp3) is 0.167. The molecule has 1 aromatic carbocycles. The summed E-state index contributed by atoms with van der Waals surface area (Å²) >= 11 is 1.20. The van der Waals surface area contributed by atoms with E-state index in [2.05, 4.69) is 10.3 Å². The lowest BCUT2D eigenvalue weighted by Crippen LogP contribution is -2.17. The Kier molecular flexibility index (Phi) is 3.57. The number of nitrogens with one attached hydrogen (secondary N) is 1. The Morgan fingerprint density at radius 1 is 1.37 bits per heavy atom. The summed E-state index contributed by atoms with van der Waals surface area (Å²) in [5, 5.41) is 3.70. The van der Waals surface area contributed by atoms with E-state index in [9.17, 15) is 18.0 Å². The number of amides is 1. The van der Waals surface area contributed by atoms with E-state index in [4.69, 9.17) is 0 Å². The summed E-state index contributed by atoms with van der Waals surface area (Å²) in [6.07, 6.45) is -4.52. The number of aromatic nitrogens is 1. The van der Waals surface area contributed by atoms with Crippen molar-refractivity contribution in [2.24, 2.45) is 0 Å². The Morgan fingerprint density at radius 2 is 2.11 bits per heavy atom. The molecule has 1 amide bonds. The molecule has 0 saturated carbocycles. The van der Waals surface area contributed by atoms with E-state index in [0.717, 1.165) is 6.07 Å². The Balaban J connectivity index is 2.33. The highest BCUT2D eigenvalue weighted by Gasteiger charge is 2.34. The molecule has 3 nitrogen and oxygen atoms in total. The van der Waals surface area contributed by atoms with Crippen LogP contribution in [0.15, 0.2) is 29.1 Å². The van der Waals surface area contributed by atoms with Gasteiger partial charge in [-0.05, 0) is 19.1 Å². The maximum atomic E-state index is 12.9. The van der Waals surface area contributed by atoms with E-state index in [1.54, 1.807) is 6.92 Å². The van der Waals surface area contributed by atoms with Crippen molar-refractivity contribution in [2.45, 2.75) is 13.1 Å². The van der Waals surface area contributed by atoms with Gasteiger partial charge in [0.2, 0.25) is 0 Å². The zero-order valence-electron chi connectivity index (χ0n) is 9.78. The van der Waals surface area contributed by atoms with Gasteiger partial charge in [0.1, 0.15) is 5.69 Å². The Morgan fingerprint density at radius 3 is 2.68 bits per heavy atom. The van der Waals surface area contributed by atoms with Gasteiger partial charge in [0, 0.05) is 5.38 Å². The third-order valence-electron chi connectivity index (χ3n) is 2.39. The van der Waals surface area contributed by atoms with Gasteiger partial charge in [-0.25, -0.2) is 4.98 Å². The van der Waals surface area contributed by atoms with Crippen molar-refractivity contribution in [3.8, 4) is 0 Å². The molecule has 0 aliphatic carbocycles. The molecule has 0 atom stereocenters. The highest BCUT2D eigenvalue weighted by molar-refractivity contribution is 7.07. The van der Waals surface area contributed by atoms with E-state index in [1.807, 2.05) is 0 Å². The first-order chi connectivity index (χ1) is 8.88. The van der Waals surface area contributed by atoms with Gasteiger partial charge < -0.3 is 5.32 Å². The van der Waals surface area contributed by atoms with Crippen LogP contribution in [0.25, 0.3) is 0 Å². The molecule has 0 fully saturated rings. The second-order valence-corrected chi connectivity index (χ2v) is 4.59. The molecule has 7 heteroatoms. The van der Waals surface area contributed by atoms with Crippen LogP contribution in [-0.4, -0.2) is 10.9 Å². The molecule has 1 N–H and O–H groups in total. The van der Waals surface area contributed by atoms with Crippen LogP contribution in [-0.2, 0) is 6.18 Å². The maximum absolute atomic E-state index is 12.9. The van der Waals surface area contributed by atoms with Crippen molar-refractivity contribution in [1.29, 1.82) is 0 Å². The lowest BCUT2D eigenvalue weighted by Gasteiger charge is -2.14. The number of alkyl halides is 3. The number of thiazole rings is 1. The number of hydrogen-bond donors (Lipinski definition) is 1. The number of hydrogen-bond acceptors (Lipinski definition) is 3. The van der Waals surface area contributed by atoms with Crippen molar-refractivity contribution < 1.29 is 18.0 Å². The van der Waals surface area contributed by atoms with E-state index in [1.165, 1.54) is 34.4 Å². The van der Waals surface area contributed by atoms with Gasteiger partial charge in [0.25, 0.3) is 5.91 Å². The maximum Gasteiger partial charge on any atom is 0.418 e. The summed E-state index contributed by atoms with van der Waals surface area (Å²) in [5.41, 5.74) is 0.874. The Hall–Kier alpha value is -1.89. The van der Waals surface area contributed by atoms with Crippen LogP contribution < -0.4 is 5.32 Å². The quantitative estimate of drug-likeness (QED) is 0.914. The predicted molar refractivity (Wildman–Crippen MR) is 66.2 cm³/mol. The lowest BCUT2D eigenvalue weighted by molar-refractivity contribution is -0.136. The average molecular weight is 286 g/mol. The summed E-state index contributed by atoms with van der Waals surface area (Å²) in [5.74, 6) is -0.657. The highest BCUT2D eigenvalue weighted by Crippen LogP contribution is 2.35. The molecule has 0 unspecified atom stereocenters. The third-order valence-corrected chi connectivity index (χ3v) is 2.98. The first-order valence-electron chi connectivity index (χ1n) is 5.25. The van der Waals surface area contributed by atoms with Crippen molar-refractivity contribution >= 4 is 22.9 Å². The highest BCUT2D eigenvalue weighted by atomic mass is 32.1. The Labute approximate surface area is 111 Å². The second kappa shape index (κ2) is 5.00. The Bertz CT molecular complexity index is 594. The van der Waals surface area contributed by atoms with Gasteiger partial charge in [-0.3, -0.25) is 4.79 Å². The fourth-order valence-electron chi connectivity index (χ4n) is 1.51. The van der Waals surface area contributed by atoms with Crippen LogP contribution in [0.1, 0.15) is 21.6 Å². The van der Waals surface area contributed by atoms with Crippen molar-refractivity contribution in [2.75, 3.05) is 5.32 Å². The molecule has 0 aliphatic heterocycles. The van der Waals surface area contributed by atoms with Gasteiger partial charge in [-0.2, -0.15) is 13.2 Å². The number of benzene rings is 1. The monoisotopic (exact) mass is 286 g/mol. The first-order valence-corrected chi connectivity index (χ1v) is 6.19. The van der Waals surface area contributed by atoms with Crippen LogP contribution in [0.2, 0.25) is 0 Å². The summed E-state index contributed by atoms with van der Waals surface area (Å²) in [7, 11) is 0. The van der Waals surface area contributed by atoms with Crippen LogP contribution in [0.3, 0.4) is 0 Å². The summed E-state index contributed by atoms with van der Waals surface area (Å²) in [6, 6.07) is 3.74. The largest absolute Gasteiger partial charge is 0.418 e. The normalized spacial score (nSPS) is 11.4. The lowest BCUT2D eigenvalue weighted by atomic mass is 10.1. The molecular weight excluding hydrogens is 277 g/mol. The number of aryl methyl sites for hydroxylation is 1. The molecule has 2 aromatic rings. The topological polar surface area (TPSA) is 42.0 Å². The molecule has 0 radical (unpaired) electrons. The van der Waals surface area contributed by atoms with E-state index in [-0.39, 0.29) is 11.4 Å². The van der Waals surface area contributed by atoms with Crippen LogP contribution in [0, 0.1) is 6.92 Å². The molecular formula is C12H9F3N2OS. The average Bonchev–Trinajstić information content (AvgIpc) is 2.83. The fourth-order valence-corrected chi connectivity index (χ4v) is 2.04. The van der Waals surface area contributed by atoms with E-state index < -0.39 is 17.6 Å². The first kappa shape index (κ1) is 13.5. The minimum absolute atomic E-state index is 0.0960. The van der Waals surface area contributed by atoms with Crippen LogP contribution in [0.4, 0.5) is 18.9 Å². The number of rotatable bonds is 2. The number of anilines is 1. The summed E-state index contributed by atoms with van der Waals surface area (Å²) < 4.78 is 38.6.